The maximum atomic E-state index is 12.7. The van der Waals surface area contributed by atoms with Crippen molar-refractivity contribution in [3.05, 3.63) is 17.0 Å². The van der Waals surface area contributed by atoms with Gasteiger partial charge in [-0.2, -0.15) is 13.2 Å². The highest BCUT2D eigenvalue weighted by atomic mass is 35.5. The number of amides is 1. The van der Waals surface area contributed by atoms with E-state index >= 15 is 0 Å². The van der Waals surface area contributed by atoms with Crippen LogP contribution in [0.4, 0.5) is 19.0 Å². The Balaban J connectivity index is 2.56. The zero-order valence-corrected chi connectivity index (χ0v) is 8.43. The van der Waals surface area contributed by atoms with Crippen LogP contribution in [-0.2, 0) is 4.79 Å². The Morgan fingerprint density at radius 1 is 1.44 bits per heavy atom. The number of alkyl halides is 3. The van der Waals surface area contributed by atoms with E-state index < -0.39 is 24.4 Å². The second kappa shape index (κ2) is 3.58. The first-order valence-electron chi connectivity index (χ1n) is 4.26. The molecule has 1 aromatic heterocycles. The number of anilines is 1. The number of fused-ring (bicyclic) bond motifs is 1. The Kier molecular flexibility index (Phi) is 2.49. The van der Waals surface area contributed by atoms with Gasteiger partial charge in [-0.05, 0) is 0 Å². The molecule has 86 valence electrons. The summed E-state index contributed by atoms with van der Waals surface area (Å²) in [4.78, 5) is 18.1. The second-order valence-electron chi connectivity index (χ2n) is 3.27. The van der Waals surface area contributed by atoms with Gasteiger partial charge in [0.25, 0.3) is 0 Å². The van der Waals surface area contributed by atoms with Crippen LogP contribution in [0.5, 0.6) is 0 Å². The Bertz CT molecular complexity index is 449. The van der Waals surface area contributed by atoms with Crippen molar-refractivity contribution in [2.24, 2.45) is 0 Å². The molecule has 8 heteroatoms. The smallest absolute Gasteiger partial charge is 0.310 e. The third-order valence-electron chi connectivity index (χ3n) is 2.23. The number of hydrogen-bond donors (Lipinski definition) is 1. The minimum atomic E-state index is -4.54. The van der Waals surface area contributed by atoms with Crippen LogP contribution in [0.2, 0.25) is 5.15 Å². The van der Waals surface area contributed by atoms with E-state index in [1.807, 2.05) is 0 Å². The van der Waals surface area contributed by atoms with E-state index in [-0.39, 0.29) is 16.5 Å². The minimum Gasteiger partial charge on any atom is -0.310 e. The highest BCUT2D eigenvalue weighted by Crippen LogP contribution is 2.44. The molecule has 1 aliphatic heterocycles. The molecule has 0 aromatic carbocycles. The summed E-state index contributed by atoms with van der Waals surface area (Å²) >= 11 is 5.59. The van der Waals surface area contributed by atoms with Crippen LogP contribution in [0.3, 0.4) is 0 Å². The van der Waals surface area contributed by atoms with Crippen molar-refractivity contribution in [1.29, 1.82) is 0 Å². The molecule has 0 radical (unpaired) electrons. The molecule has 1 aromatic rings. The highest BCUT2D eigenvalue weighted by molar-refractivity contribution is 6.30. The molecular formula is C8H5ClF3N3O. The monoisotopic (exact) mass is 251 g/mol. The molecule has 0 unspecified atom stereocenters. The summed E-state index contributed by atoms with van der Waals surface area (Å²) in [6, 6.07) is 0. The molecule has 0 bridgehead atoms. The van der Waals surface area contributed by atoms with Crippen LogP contribution < -0.4 is 5.32 Å². The molecule has 0 saturated carbocycles. The van der Waals surface area contributed by atoms with Gasteiger partial charge in [0, 0.05) is 12.0 Å². The zero-order valence-electron chi connectivity index (χ0n) is 7.68. The summed E-state index contributed by atoms with van der Waals surface area (Å²) in [7, 11) is 0. The Morgan fingerprint density at radius 2 is 2.12 bits per heavy atom. The van der Waals surface area contributed by atoms with Crippen molar-refractivity contribution in [2.45, 2.75) is 18.5 Å². The van der Waals surface area contributed by atoms with Gasteiger partial charge < -0.3 is 5.32 Å². The van der Waals surface area contributed by atoms with Gasteiger partial charge in [-0.1, -0.05) is 11.6 Å². The SMILES string of the molecule is O=C1C[C@H](C(F)(F)F)c2c(Cl)ncnc2N1. The lowest BCUT2D eigenvalue weighted by molar-refractivity contribution is -0.156. The lowest BCUT2D eigenvalue weighted by atomic mass is 9.93. The minimum absolute atomic E-state index is 0.168. The van der Waals surface area contributed by atoms with Gasteiger partial charge in [0.05, 0.1) is 5.92 Å². The highest BCUT2D eigenvalue weighted by Gasteiger charge is 2.47. The topological polar surface area (TPSA) is 54.9 Å². The first-order chi connectivity index (χ1) is 7.39. The fourth-order valence-corrected chi connectivity index (χ4v) is 1.80. The van der Waals surface area contributed by atoms with Gasteiger partial charge in [-0.15, -0.1) is 0 Å². The number of carbonyl (C=O) groups excluding carboxylic acids is 1. The summed E-state index contributed by atoms with van der Waals surface area (Å²) in [5, 5.41) is 1.94. The van der Waals surface area contributed by atoms with Crippen LogP contribution in [0.1, 0.15) is 17.9 Å². The van der Waals surface area contributed by atoms with E-state index in [4.69, 9.17) is 11.6 Å². The van der Waals surface area contributed by atoms with Gasteiger partial charge in [0.2, 0.25) is 5.91 Å². The maximum Gasteiger partial charge on any atom is 0.396 e. The normalized spacial score (nSPS) is 20.2. The van der Waals surface area contributed by atoms with Crippen molar-refractivity contribution in [2.75, 3.05) is 5.32 Å². The number of hydrogen-bond acceptors (Lipinski definition) is 3. The van der Waals surface area contributed by atoms with Crippen LogP contribution >= 0.6 is 11.6 Å². The number of halogens is 4. The summed E-state index contributed by atoms with van der Waals surface area (Å²) in [5.74, 6) is -2.84. The van der Waals surface area contributed by atoms with Crippen molar-refractivity contribution >= 4 is 23.3 Å². The van der Waals surface area contributed by atoms with Crippen molar-refractivity contribution in [1.82, 2.24) is 9.97 Å². The molecule has 1 N–H and O–H groups in total. The average Bonchev–Trinajstić information content (AvgIpc) is 2.15. The molecular weight excluding hydrogens is 247 g/mol. The van der Waals surface area contributed by atoms with E-state index in [0.717, 1.165) is 6.33 Å². The molecule has 16 heavy (non-hydrogen) atoms. The Hall–Kier alpha value is -1.37. The standard InChI is InChI=1S/C8H5ClF3N3O/c9-6-5-3(8(10,11)12)1-4(16)15-7(5)14-2-13-6/h2-3H,1H2,(H,13,14,15,16)/t3-/m0/s1. The Labute approximate surface area is 92.8 Å². The zero-order chi connectivity index (χ0) is 11.9. The third kappa shape index (κ3) is 1.82. The van der Waals surface area contributed by atoms with Gasteiger partial charge >= 0.3 is 6.18 Å². The third-order valence-corrected chi connectivity index (χ3v) is 2.53. The molecule has 0 saturated heterocycles. The molecule has 0 fully saturated rings. The maximum absolute atomic E-state index is 12.7. The lowest BCUT2D eigenvalue weighted by Gasteiger charge is -2.26. The molecule has 0 aliphatic carbocycles. The van der Waals surface area contributed by atoms with Gasteiger partial charge in [-0.25, -0.2) is 9.97 Å². The number of carbonyl (C=O) groups is 1. The first-order valence-corrected chi connectivity index (χ1v) is 4.64. The summed E-state index contributed by atoms with van der Waals surface area (Å²) < 4.78 is 38.0. The molecule has 2 heterocycles. The quantitative estimate of drug-likeness (QED) is 0.719. The summed E-state index contributed by atoms with van der Waals surface area (Å²) in [6.45, 7) is 0. The molecule has 1 amide bonds. The van der Waals surface area contributed by atoms with E-state index in [1.165, 1.54) is 0 Å². The van der Waals surface area contributed by atoms with Crippen LogP contribution in [0, 0.1) is 0 Å². The van der Waals surface area contributed by atoms with Gasteiger partial charge in [-0.3, -0.25) is 4.79 Å². The number of nitrogens with zero attached hydrogens (tertiary/aromatic N) is 2. The Morgan fingerprint density at radius 3 is 2.75 bits per heavy atom. The summed E-state index contributed by atoms with van der Waals surface area (Å²) in [6.07, 6.45) is -4.23. The van der Waals surface area contributed by atoms with Crippen molar-refractivity contribution in [3.8, 4) is 0 Å². The van der Waals surface area contributed by atoms with E-state index in [1.54, 1.807) is 0 Å². The van der Waals surface area contributed by atoms with Crippen LogP contribution in [0.25, 0.3) is 0 Å². The summed E-state index contributed by atoms with van der Waals surface area (Å²) in [5.41, 5.74) is -0.267. The fraction of sp³-hybridized carbons (Fsp3) is 0.375. The van der Waals surface area contributed by atoms with Crippen LogP contribution in [0.15, 0.2) is 6.33 Å². The van der Waals surface area contributed by atoms with Crippen molar-refractivity contribution < 1.29 is 18.0 Å². The molecule has 0 spiro atoms. The number of nitrogens with one attached hydrogen (secondary N) is 1. The average molecular weight is 252 g/mol. The molecule has 4 nitrogen and oxygen atoms in total. The molecule has 1 atom stereocenters. The predicted molar refractivity (Wildman–Crippen MR) is 49.1 cm³/mol. The number of aromatic nitrogens is 2. The van der Waals surface area contributed by atoms with E-state index in [9.17, 15) is 18.0 Å². The molecule has 2 rings (SSSR count). The van der Waals surface area contributed by atoms with Gasteiger partial charge in [0.15, 0.2) is 0 Å². The fourth-order valence-electron chi connectivity index (χ4n) is 1.53. The predicted octanol–water partition coefficient (Wildman–Crippen LogP) is 2.12. The largest absolute Gasteiger partial charge is 0.396 e. The first kappa shape index (κ1) is 11.1. The van der Waals surface area contributed by atoms with Crippen LogP contribution in [-0.4, -0.2) is 22.1 Å². The number of rotatable bonds is 0. The van der Waals surface area contributed by atoms with Gasteiger partial charge in [0.1, 0.15) is 17.3 Å². The van der Waals surface area contributed by atoms with Crippen molar-refractivity contribution in [3.63, 3.8) is 0 Å². The second-order valence-corrected chi connectivity index (χ2v) is 3.63. The molecule has 1 aliphatic rings. The van der Waals surface area contributed by atoms with E-state index in [0.29, 0.717) is 0 Å². The van der Waals surface area contributed by atoms with E-state index in [2.05, 4.69) is 15.3 Å². The lowest BCUT2D eigenvalue weighted by Crippen LogP contribution is -2.32.